The number of carbonyl (C=O) groups excluding carboxylic acids is 2. The summed E-state index contributed by atoms with van der Waals surface area (Å²) in [5.41, 5.74) is 0.794. The van der Waals surface area contributed by atoms with Crippen molar-refractivity contribution in [3.05, 3.63) is 59.0 Å². The molecule has 0 unspecified atom stereocenters. The first-order valence-corrected chi connectivity index (χ1v) is 12.0. The van der Waals surface area contributed by atoms with Gasteiger partial charge >= 0.3 is 6.61 Å². The monoisotopic (exact) mass is 530 g/mol. The fourth-order valence-electron chi connectivity index (χ4n) is 2.98. The lowest BCUT2D eigenvalue weighted by atomic mass is 10.2. The van der Waals surface area contributed by atoms with E-state index in [1.807, 2.05) is 0 Å². The van der Waals surface area contributed by atoms with Gasteiger partial charge in [-0.15, -0.1) is 0 Å². The molecule has 1 aliphatic rings. The van der Waals surface area contributed by atoms with Gasteiger partial charge in [-0.1, -0.05) is 53.9 Å². The number of thioether (sulfide) groups is 2. The number of benzene rings is 2. The zero-order chi connectivity index (χ0) is 24.7. The molecule has 0 aromatic heterocycles. The summed E-state index contributed by atoms with van der Waals surface area (Å²) in [4.78, 5) is 26.9. The van der Waals surface area contributed by atoms with Gasteiger partial charge in [-0.05, 0) is 42.8 Å². The van der Waals surface area contributed by atoms with E-state index in [2.05, 4.69) is 10.1 Å². The number of para-hydroxylation sites is 1. The third-order valence-electron chi connectivity index (χ3n) is 4.44. The van der Waals surface area contributed by atoms with Crippen LogP contribution in [0.5, 0.6) is 5.75 Å². The normalized spacial score (nSPS) is 15.0. The third kappa shape index (κ3) is 7.47. The van der Waals surface area contributed by atoms with Crippen molar-refractivity contribution in [3.8, 4) is 5.75 Å². The van der Waals surface area contributed by atoms with Gasteiger partial charge in [0.05, 0.1) is 4.91 Å². The van der Waals surface area contributed by atoms with Crippen molar-refractivity contribution in [1.82, 2.24) is 4.90 Å². The fourth-order valence-corrected chi connectivity index (χ4v) is 4.78. The van der Waals surface area contributed by atoms with Crippen LogP contribution in [0.15, 0.2) is 58.3 Å². The quantitative estimate of drug-likeness (QED) is 0.170. The Hall–Kier alpha value is -2.57. The maximum Gasteiger partial charge on any atom is 0.387 e. The lowest BCUT2D eigenvalue weighted by Crippen LogP contribution is -2.29. The van der Waals surface area contributed by atoms with Crippen LogP contribution in [0, 0.1) is 0 Å². The van der Waals surface area contributed by atoms with Gasteiger partial charge in [-0.25, -0.2) is 0 Å². The topological polar surface area (TPSA) is 58.6 Å². The Morgan fingerprint density at radius 1 is 1.15 bits per heavy atom. The number of nitrogens with one attached hydrogen (secondary N) is 1. The summed E-state index contributed by atoms with van der Waals surface area (Å²) in [6.07, 6.45) is 1.88. The van der Waals surface area contributed by atoms with Crippen molar-refractivity contribution in [3.63, 3.8) is 0 Å². The lowest BCUT2D eigenvalue weighted by Gasteiger charge is -2.14. The Bertz CT molecular complexity index is 1080. The SMILES string of the molecule is O=C(CCCN1C(=O)C(=Cc2ccccc2OC(F)F)SC1=S)Nc1ccc(SC(F)F)cc1. The Morgan fingerprint density at radius 3 is 2.53 bits per heavy atom. The first-order valence-electron chi connectivity index (χ1n) is 9.87. The number of ether oxygens (including phenoxy) is 1. The molecule has 0 radical (unpaired) electrons. The Labute approximate surface area is 206 Å². The van der Waals surface area contributed by atoms with Gasteiger partial charge in [0.2, 0.25) is 5.91 Å². The molecule has 1 N–H and O–H groups in total. The van der Waals surface area contributed by atoms with E-state index in [1.54, 1.807) is 18.2 Å². The van der Waals surface area contributed by atoms with Gasteiger partial charge in [0.1, 0.15) is 10.1 Å². The molecule has 34 heavy (non-hydrogen) atoms. The second-order valence-corrected chi connectivity index (χ2v) is 9.54. The van der Waals surface area contributed by atoms with Gasteiger partial charge in [0.15, 0.2) is 0 Å². The van der Waals surface area contributed by atoms with Gasteiger partial charge in [-0.2, -0.15) is 17.6 Å². The highest BCUT2D eigenvalue weighted by Crippen LogP contribution is 2.34. The first-order chi connectivity index (χ1) is 16.2. The second-order valence-electron chi connectivity index (χ2n) is 6.80. The summed E-state index contributed by atoms with van der Waals surface area (Å²) in [7, 11) is 0. The average Bonchev–Trinajstić information content (AvgIpc) is 3.03. The number of hydrogen-bond acceptors (Lipinski definition) is 6. The number of hydrogen-bond donors (Lipinski definition) is 1. The molecule has 1 fully saturated rings. The molecule has 0 saturated carbocycles. The average molecular weight is 531 g/mol. The first kappa shape index (κ1) is 26.0. The summed E-state index contributed by atoms with van der Waals surface area (Å²) in [6, 6.07) is 12.1. The molecule has 0 atom stereocenters. The van der Waals surface area contributed by atoms with Crippen molar-refractivity contribution in [1.29, 1.82) is 0 Å². The van der Waals surface area contributed by atoms with E-state index < -0.39 is 12.4 Å². The molecule has 12 heteroatoms. The van der Waals surface area contributed by atoms with Crippen LogP contribution in [0.3, 0.4) is 0 Å². The van der Waals surface area contributed by atoms with Gasteiger partial charge in [0, 0.05) is 29.1 Å². The Balaban J connectivity index is 1.53. The number of alkyl halides is 4. The molecule has 2 aromatic carbocycles. The molecule has 2 aromatic rings. The lowest BCUT2D eigenvalue weighted by molar-refractivity contribution is -0.122. The summed E-state index contributed by atoms with van der Waals surface area (Å²) in [6.45, 7) is -2.79. The Morgan fingerprint density at radius 2 is 1.85 bits per heavy atom. The van der Waals surface area contributed by atoms with E-state index >= 15 is 0 Å². The van der Waals surface area contributed by atoms with Crippen LogP contribution in [0.2, 0.25) is 0 Å². The van der Waals surface area contributed by atoms with Gasteiger partial charge in [0.25, 0.3) is 11.7 Å². The molecule has 1 saturated heterocycles. The summed E-state index contributed by atoms with van der Waals surface area (Å²) in [5, 5.41) is 2.67. The number of nitrogens with zero attached hydrogens (tertiary/aromatic N) is 1. The number of rotatable bonds is 10. The molecule has 0 aliphatic carbocycles. The highest BCUT2D eigenvalue weighted by atomic mass is 32.2. The number of halogens is 4. The van der Waals surface area contributed by atoms with Gasteiger partial charge in [-0.3, -0.25) is 14.5 Å². The van der Waals surface area contributed by atoms with E-state index in [0.29, 0.717) is 38.6 Å². The minimum atomic E-state index is -3.00. The smallest absolute Gasteiger partial charge is 0.387 e. The molecular weight excluding hydrogens is 512 g/mol. The van der Waals surface area contributed by atoms with E-state index in [0.717, 1.165) is 11.8 Å². The van der Waals surface area contributed by atoms with Crippen molar-refractivity contribution >= 4 is 63.6 Å². The molecule has 5 nitrogen and oxygen atoms in total. The van der Waals surface area contributed by atoms with E-state index in [4.69, 9.17) is 12.2 Å². The zero-order valence-corrected chi connectivity index (χ0v) is 19.8. The molecule has 3 rings (SSSR count). The van der Waals surface area contributed by atoms with Gasteiger partial charge < -0.3 is 10.1 Å². The Kier molecular flexibility index (Phi) is 9.36. The molecular formula is C22H18F4N2O3S3. The molecule has 1 aliphatic heterocycles. The summed E-state index contributed by atoms with van der Waals surface area (Å²) >= 11 is 6.72. The van der Waals surface area contributed by atoms with Crippen molar-refractivity contribution in [2.45, 2.75) is 30.1 Å². The van der Waals surface area contributed by atoms with Crippen LogP contribution in [0.1, 0.15) is 18.4 Å². The van der Waals surface area contributed by atoms with Crippen LogP contribution < -0.4 is 10.1 Å². The molecule has 0 spiro atoms. The summed E-state index contributed by atoms with van der Waals surface area (Å²) in [5.74, 6) is -3.25. The van der Waals surface area contributed by atoms with E-state index in [9.17, 15) is 27.2 Å². The fraction of sp³-hybridized carbons (Fsp3) is 0.227. The van der Waals surface area contributed by atoms with E-state index in [-0.39, 0.29) is 35.4 Å². The maximum absolute atomic E-state index is 12.7. The zero-order valence-electron chi connectivity index (χ0n) is 17.4. The predicted molar refractivity (Wildman–Crippen MR) is 129 cm³/mol. The standard InChI is InChI=1S/C22H18F4N2O3S3/c23-20(24)31-16-5-2-1-4-13(16)12-17-19(30)28(22(32)34-17)11-3-6-18(29)27-14-7-9-15(10-8-14)33-21(25)26/h1-2,4-5,7-10,12,20-21H,3,6,11H2,(H,27,29). The molecule has 0 bridgehead atoms. The molecule has 180 valence electrons. The number of amides is 2. The number of anilines is 1. The number of thiocarbonyl (C=S) groups is 1. The summed E-state index contributed by atoms with van der Waals surface area (Å²) < 4.78 is 54.8. The third-order valence-corrected chi connectivity index (χ3v) is 6.54. The van der Waals surface area contributed by atoms with Crippen molar-refractivity contribution in [2.24, 2.45) is 0 Å². The van der Waals surface area contributed by atoms with Crippen LogP contribution in [-0.2, 0) is 9.59 Å². The molecule has 1 heterocycles. The maximum atomic E-state index is 12.7. The van der Waals surface area contributed by atoms with Crippen LogP contribution in [0.25, 0.3) is 6.08 Å². The van der Waals surface area contributed by atoms with Crippen molar-refractivity contribution < 1.29 is 31.9 Å². The van der Waals surface area contributed by atoms with Crippen LogP contribution >= 0.6 is 35.7 Å². The predicted octanol–water partition coefficient (Wildman–Crippen LogP) is 6.22. The second kappa shape index (κ2) is 12.2. The number of carbonyl (C=O) groups is 2. The molecule has 2 amide bonds. The van der Waals surface area contributed by atoms with Crippen LogP contribution in [0.4, 0.5) is 23.2 Å². The van der Waals surface area contributed by atoms with Crippen LogP contribution in [-0.4, -0.2) is 39.9 Å². The van der Waals surface area contributed by atoms with E-state index in [1.165, 1.54) is 41.3 Å². The minimum absolute atomic E-state index is 0.0553. The highest BCUT2D eigenvalue weighted by Gasteiger charge is 2.32. The largest absolute Gasteiger partial charge is 0.434 e. The minimum Gasteiger partial charge on any atom is -0.434 e. The highest BCUT2D eigenvalue weighted by molar-refractivity contribution is 8.26. The van der Waals surface area contributed by atoms with Crippen molar-refractivity contribution in [2.75, 3.05) is 11.9 Å².